The molecule has 2 aromatic carbocycles. The second-order valence-electron chi connectivity index (χ2n) is 8.45. The molecule has 0 spiro atoms. The summed E-state index contributed by atoms with van der Waals surface area (Å²) in [6.45, 7) is 6.12. The Morgan fingerprint density at radius 2 is 1.89 bits per heavy atom. The molecule has 0 bridgehead atoms. The summed E-state index contributed by atoms with van der Waals surface area (Å²) in [5.41, 5.74) is 3.07. The molecule has 0 aliphatic heterocycles. The third-order valence-corrected chi connectivity index (χ3v) is 5.40. The Hall–Kier alpha value is -2.26. The Morgan fingerprint density at radius 1 is 1.14 bits per heavy atom. The van der Waals surface area contributed by atoms with E-state index in [9.17, 15) is 4.79 Å². The number of nitrogens with one attached hydrogen (secondary N) is 1. The van der Waals surface area contributed by atoms with Crippen molar-refractivity contribution in [3.63, 3.8) is 0 Å². The number of carbonyl (C=O) groups excluding carboxylic acids is 1. The highest BCUT2D eigenvalue weighted by Crippen LogP contribution is 2.41. The first-order valence-corrected chi connectivity index (χ1v) is 10.1. The maximum absolute atomic E-state index is 12.3. The Labute approximate surface area is 172 Å². The number of allylic oxidation sites excluding steroid dienone is 2. The first-order chi connectivity index (χ1) is 13.3. The maximum Gasteiger partial charge on any atom is 0.407 e. The van der Waals surface area contributed by atoms with Gasteiger partial charge in [0.25, 0.3) is 0 Å². The van der Waals surface area contributed by atoms with Gasteiger partial charge in [0.15, 0.2) is 0 Å². The van der Waals surface area contributed by atoms with Crippen LogP contribution >= 0.6 is 11.6 Å². The quantitative estimate of drug-likeness (QED) is 0.650. The van der Waals surface area contributed by atoms with Crippen molar-refractivity contribution in [2.45, 2.75) is 51.0 Å². The Kier molecular flexibility index (Phi) is 6.14. The third-order valence-electron chi connectivity index (χ3n) is 5.16. The number of amides is 1. The molecule has 148 valence electrons. The molecule has 0 saturated carbocycles. The summed E-state index contributed by atoms with van der Waals surface area (Å²) >= 11 is 6.27. The zero-order valence-electron chi connectivity index (χ0n) is 16.8. The summed E-state index contributed by atoms with van der Waals surface area (Å²) in [5.74, 6) is 0. The Morgan fingerprint density at radius 3 is 2.50 bits per heavy atom. The highest BCUT2D eigenvalue weighted by atomic mass is 35.5. The van der Waals surface area contributed by atoms with E-state index >= 15 is 0 Å². The van der Waals surface area contributed by atoms with Crippen LogP contribution in [0.15, 0.2) is 60.7 Å². The Bertz CT molecular complexity index is 854. The van der Waals surface area contributed by atoms with E-state index in [-0.39, 0.29) is 11.5 Å². The number of rotatable bonds is 4. The fraction of sp³-hybridized carbons (Fsp3) is 0.375. The molecule has 0 saturated heterocycles. The first-order valence-electron chi connectivity index (χ1n) is 9.75. The van der Waals surface area contributed by atoms with Crippen LogP contribution in [0.5, 0.6) is 0 Å². The summed E-state index contributed by atoms with van der Waals surface area (Å²) in [4.78, 5) is 12.3. The largest absolute Gasteiger partial charge is 0.444 e. The van der Waals surface area contributed by atoms with Gasteiger partial charge < -0.3 is 10.1 Å². The average Bonchev–Trinajstić information content (AvgIpc) is 2.66. The van der Waals surface area contributed by atoms with E-state index in [0.29, 0.717) is 11.6 Å². The molecule has 2 aromatic rings. The first kappa shape index (κ1) is 20.5. The van der Waals surface area contributed by atoms with Crippen molar-refractivity contribution in [1.82, 2.24) is 5.32 Å². The third kappa shape index (κ3) is 5.17. The van der Waals surface area contributed by atoms with E-state index in [2.05, 4.69) is 41.7 Å². The molecule has 4 heteroatoms. The molecule has 1 aliphatic carbocycles. The maximum atomic E-state index is 12.3. The molecule has 1 unspecified atom stereocenters. The summed E-state index contributed by atoms with van der Waals surface area (Å²) in [5, 5.41) is 3.70. The normalized spacial score (nSPS) is 19.6. The van der Waals surface area contributed by atoms with Gasteiger partial charge in [0.2, 0.25) is 0 Å². The summed E-state index contributed by atoms with van der Waals surface area (Å²) < 4.78 is 5.43. The van der Waals surface area contributed by atoms with Crippen LogP contribution in [-0.4, -0.2) is 18.2 Å². The van der Waals surface area contributed by atoms with Gasteiger partial charge in [-0.1, -0.05) is 60.1 Å². The molecule has 0 aromatic heterocycles. The monoisotopic (exact) mass is 397 g/mol. The predicted molar refractivity (Wildman–Crippen MR) is 116 cm³/mol. The standard InChI is InChI=1S/C24H28ClNO2/c1-23(2,3)28-22(27)26-17-24(20-10-7-11-21(25)16-20)14-12-19(13-15-24)18-8-5-4-6-9-18/h4-12,16H,13-15,17H2,1-3H3,(H,26,27). The molecule has 1 aliphatic rings. The van der Waals surface area contributed by atoms with E-state index in [1.165, 1.54) is 11.1 Å². The molecule has 1 atom stereocenters. The molecule has 1 amide bonds. The predicted octanol–water partition coefficient (Wildman–Crippen LogP) is 6.37. The number of ether oxygens (including phenoxy) is 1. The van der Waals surface area contributed by atoms with Gasteiger partial charge in [-0.2, -0.15) is 0 Å². The van der Waals surface area contributed by atoms with Crippen LogP contribution in [-0.2, 0) is 10.2 Å². The molecular formula is C24H28ClNO2. The number of carbonyl (C=O) groups is 1. The highest BCUT2D eigenvalue weighted by Gasteiger charge is 2.35. The number of hydrogen-bond acceptors (Lipinski definition) is 2. The second kappa shape index (κ2) is 8.40. The number of alkyl carbamates (subject to hydrolysis) is 1. The van der Waals surface area contributed by atoms with E-state index in [4.69, 9.17) is 16.3 Å². The molecule has 0 heterocycles. The fourth-order valence-electron chi connectivity index (χ4n) is 3.71. The van der Waals surface area contributed by atoms with Gasteiger partial charge in [-0.15, -0.1) is 0 Å². The molecular weight excluding hydrogens is 370 g/mol. The zero-order chi connectivity index (χ0) is 20.2. The summed E-state index contributed by atoms with van der Waals surface area (Å²) in [7, 11) is 0. The SMILES string of the molecule is CC(C)(C)OC(=O)NCC1(c2cccc(Cl)c2)CC=C(c2ccccc2)CC1. The lowest BCUT2D eigenvalue weighted by Gasteiger charge is -2.37. The number of halogens is 1. The van der Waals surface area contributed by atoms with E-state index in [1.54, 1.807) is 0 Å². The van der Waals surface area contributed by atoms with Crippen molar-refractivity contribution in [3.05, 3.63) is 76.8 Å². The minimum atomic E-state index is -0.514. The minimum absolute atomic E-state index is 0.194. The van der Waals surface area contributed by atoms with Crippen molar-refractivity contribution < 1.29 is 9.53 Å². The van der Waals surface area contributed by atoms with Gasteiger partial charge in [-0.3, -0.25) is 0 Å². The zero-order valence-corrected chi connectivity index (χ0v) is 17.6. The lowest BCUT2D eigenvalue weighted by Crippen LogP contribution is -2.43. The van der Waals surface area contributed by atoms with Gasteiger partial charge in [-0.25, -0.2) is 4.79 Å². The molecule has 0 radical (unpaired) electrons. The molecule has 1 N–H and O–H groups in total. The van der Waals surface area contributed by atoms with Crippen molar-refractivity contribution in [2.75, 3.05) is 6.54 Å². The van der Waals surface area contributed by atoms with E-state index in [1.807, 2.05) is 45.0 Å². The van der Waals surface area contributed by atoms with Crippen LogP contribution in [0.4, 0.5) is 4.79 Å². The van der Waals surface area contributed by atoms with Crippen molar-refractivity contribution in [2.24, 2.45) is 0 Å². The van der Waals surface area contributed by atoms with Crippen molar-refractivity contribution in [1.29, 1.82) is 0 Å². The lowest BCUT2D eigenvalue weighted by molar-refractivity contribution is 0.0512. The summed E-state index contributed by atoms with van der Waals surface area (Å²) in [6.07, 6.45) is 4.65. The fourth-order valence-corrected chi connectivity index (χ4v) is 3.90. The van der Waals surface area contributed by atoms with Crippen LogP contribution in [0.1, 0.15) is 51.2 Å². The van der Waals surface area contributed by atoms with Crippen LogP contribution in [0, 0.1) is 0 Å². The smallest absolute Gasteiger partial charge is 0.407 e. The number of hydrogen-bond donors (Lipinski definition) is 1. The second-order valence-corrected chi connectivity index (χ2v) is 8.88. The minimum Gasteiger partial charge on any atom is -0.444 e. The molecule has 0 fully saturated rings. The van der Waals surface area contributed by atoms with Gasteiger partial charge >= 0.3 is 6.09 Å². The van der Waals surface area contributed by atoms with Crippen LogP contribution < -0.4 is 5.32 Å². The average molecular weight is 398 g/mol. The van der Waals surface area contributed by atoms with Gasteiger partial charge in [-0.05, 0) is 68.9 Å². The number of benzene rings is 2. The molecule has 28 heavy (non-hydrogen) atoms. The van der Waals surface area contributed by atoms with Gasteiger partial charge in [0.1, 0.15) is 5.60 Å². The van der Waals surface area contributed by atoms with Crippen LogP contribution in [0.3, 0.4) is 0 Å². The summed E-state index contributed by atoms with van der Waals surface area (Å²) in [6, 6.07) is 18.4. The van der Waals surface area contributed by atoms with Crippen molar-refractivity contribution in [3.8, 4) is 0 Å². The lowest BCUT2D eigenvalue weighted by atomic mass is 9.69. The van der Waals surface area contributed by atoms with Crippen LogP contribution in [0.2, 0.25) is 5.02 Å². The van der Waals surface area contributed by atoms with Gasteiger partial charge in [0, 0.05) is 17.0 Å². The van der Waals surface area contributed by atoms with Gasteiger partial charge in [0.05, 0.1) is 0 Å². The molecule has 3 nitrogen and oxygen atoms in total. The molecule has 3 rings (SSSR count). The topological polar surface area (TPSA) is 38.3 Å². The van der Waals surface area contributed by atoms with Crippen LogP contribution in [0.25, 0.3) is 5.57 Å². The van der Waals surface area contributed by atoms with E-state index in [0.717, 1.165) is 24.8 Å². The highest BCUT2D eigenvalue weighted by molar-refractivity contribution is 6.30. The Balaban J connectivity index is 1.83. The van der Waals surface area contributed by atoms with E-state index < -0.39 is 5.60 Å². The van der Waals surface area contributed by atoms with Crippen molar-refractivity contribution >= 4 is 23.3 Å².